The van der Waals surface area contributed by atoms with Crippen molar-refractivity contribution in [2.75, 3.05) is 0 Å². The second-order valence-corrected chi connectivity index (χ2v) is 14.4. The Hall–Kier alpha value is -0.455. The lowest BCUT2D eigenvalue weighted by atomic mass is 9.46. The Morgan fingerprint density at radius 3 is 2.44 bits per heavy atom. The van der Waals surface area contributed by atoms with Gasteiger partial charge in [0.15, 0.2) is 0 Å². The van der Waals surface area contributed by atoms with Crippen LogP contribution in [0.1, 0.15) is 138 Å². The minimum Gasteiger partial charge on any atom is -0.103 e. The van der Waals surface area contributed by atoms with Gasteiger partial charge in [-0.2, -0.15) is 0 Å². The van der Waals surface area contributed by atoms with Crippen molar-refractivity contribution in [3.8, 4) is 0 Å². The first-order valence-corrected chi connectivity index (χ1v) is 16.2. The Labute approximate surface area is 228 Å². The van der Waals surface area contributed by atoms with Crippen LogP contribution in [0.2, 0.25) is 6.32 Å². The number of fused-ring (bicyclic) bond motifs is 5. The zero-order valence-electron chi connectivity index (χ0n) is 25.3. The molecule has 0 bridgehead atoms. The largest absolute Gasteiger partial charge is 0.103 e. The van der Waals surface area contributed by atoms with Crippen LogP contribution in [0.3, 0.4) is 0 Å². The second-order valence-electron chi connectivity index (χ2n) is 14.4. The Kier molecular flexibility index (Phi) is 11.3. The van der Waals surface area contributed by atoms with E-state index in [2.05, 4.69) is 53.3 Å². The van der Waals surface area contributed by atoms with E-state index in [1.54, 1.807) is 0 Å². The molecule has 8 atom stereocenters. The van der Waals surface area contributed by atoms with Crippen LogP contribution in [0.4, 0.5) is 0 Å². The molecule has 0 nitrogen and oxygen atoms in total. The molecule has 0 heterocycles. The number of hydrogen-bond donors (Lipinski definition) is 0. The molecule has 0 aromatic heterocycles. The maximum absolute atomic E-state index is 4.85. The third kappa shape index (κ3) is 6.57. The highest BCUT2D eigenvalue weighted by Gasteiger charge is 2.59. The monoisotopic (exact) mass is 492 g/mol. The molecule has 0 spiro atoms. The quantitative estimate of drug-likeness (QED) is 0.162. The standard InChI is InChI=1S/C33H56.C2H5B/c1-7-8-9-10-14-26-19-21-32(5)27(23-26)15-16-28-30-18-17-29(25(4)13-11-12-24(2)3)33(30,6)22-20-31(28)32;1-2-3/h7,15,24-26,28-31H,1,8-14,16-23H2,2-6H3;2H2,1H3. The van der Waals surface area contributed by atoms with E-state index in [1.807, 2.05) is 12.5 Å². The fraction of sp³-hybridized carbons (Fsp3) is 0.886. The predicted octanol–water partition coefficient (Wildman–Crippen LogP) is 11.0. The molecule has 0 aromatic rings. The van der Waals surface area contributed by atoms with Crippen LogP contribution < -0.4 is 0 Å². The first-order valence-electron chi connectivity index (χ1n) is 16.2. The summed E-state index contributed by atoms with van der Waals surface area (Å²) in [7, 11) is 4.85. The zero-order valence-corrected chi connectivity index (χ0v) is 25.3. The minimum absolute atomic E-state index is 0.531. The molecule has 0 N–H and O–H groups in total. The van der Waals surface area contributed by atoms with Gasteiger partial charge in [0.2, 0.25) is 0 Å². The lowest BCUT2D eigenvalue weighted by molar-refractivity contribution is -0.0529. The van der Waals surface area contributed by atoms with Crippen LogP contribution in [0.15, 0.2) is 24.3 Å². The van der Waals surface area contributed by atoms with Gasteiger partial charge in [-0.05, 0) is 116 Å². The van der Waals surface area contributed by atoms with Gasteiger partial charge in [-0.3, -0.25) is 0 Å². The zero-order chi connectivity index (χ0) is 26.3. The molecule has 0 saturated heterocycles. The van der Waals surface area contributed by atoms with E-state index < -0.39 is 0 Å². The normalized spacial score (nSPS) is 38.2. The molecule has 4 aliphatic rings. The highest BCUT2D eigenvalue weighted by Crippen LogP contribution is 2.67. The van der Waals surface area contributed by atoms with Gasteiger partial charge in [0.1, 0.15) is 0 Å². The van der Waals surface area contributed by atoms with Crippen molar-refractivity contribution in [1.29, 1.82) is 0 Å². The third-order valence-corrected chi connectivity index (χ3v) is 11.7. The maximum atomic E-state index is 4.85. The van der Waals surface area contributed by atoms with Crippen molar-refractivity contribution in [3.63, 3.8) is 0 Å². The van der Waals surface area contributed by atoms with Crippen molar-refractivity contribution in [2.24, 2.45) is 52.3 Å². The average Bonchev–Trinajstić information content (AvgIpc) is 3.19. The van der Waals surface area contributed by atoms with Crippen LogP contribution in [0.5, 0.6) is 0 Å². The van der Waals surface area contributed by atoms with Gasteiger partial charge in [0.05, 0.1) is 7.85 Å². The van der Waals surface area contributed by atoms with Crippen molar-refractivity contribution < 1.29 is 0 Å². The van der Waals surface area contributed by atoms with Gasteiger partial charge in [-0.25, -0.2) is 0 Å². The summed E-state index contributed by atoms with van der Waals surface area (Å²) in [6, 6.07) is 0. The molecule has 0 aliphatic heterocycles. The van der Waals surface area contributed by atoms with Crippen molar-refractivity contribution >= 4 is 7.85 Å². The Balaban J connectivity index is 0.00000115. The third-order valence-electron chi connectivity index (χ3n) is 11.7. The molecule has 3 fully saturated rings. The number of allylic oxidation sites excluding steroid dienone is 3. The van der Waals surface area contributed by atoms with Gasteiger partial charge in [-0.1, -0.05) is 97.7 Å². The smallest absolute Gasteiger partial charge is 0.0649 e. The van der Waals surface area contributed by atoms with Crippen molar-refractivity contribution in [2.45, 2.75) is 144 Å². The summed E-state index contributed by atoms with van der Waals surface area (Å²) in [5, 5.41) is 0. The summed E-state index contributed by atoms with van der Waals surface area (Å²) >= 11 is 0. The van der Waals surface area contributed by atoms with Crippen LogP contribution >= 0.6 is 0 Å². The summed E-state index contributed by atoms with van der Waals surface area (Å²) in [6.07, 6.45) is 27.3. The van der Waals surface area contributed by atoms with Gasteiger partial charge >= 0.3 is 0 Å². The van der Waals surface area contributed by atoms with E-state index in [0.717, 1.165) is 47.7 Å². The molecule has 4 aliphatic carbocycles. The van der Waals surface area contributed by atoms with Gasteiger partial charge in [-0.15, -0.1) is 6.58 Å². The molecule has 2 radical (unpaired) electrons. The number of unbranched alkanes of at least 4 members (excludes halogenated alkanes) is 2. The van der Waals surface area contributed by atoms with Crippen molar-refractivity contribution in [1.82, 2.24) is 0 Å². The van der Waals surface area contributed by atoms with Gasteiger partial charge in [0, 0.05) is 0 Å². The average molecular weight is 493 g/mol. The summed E-state index contributed by atoms with van der Waals surface area (Å²) in [4.78, 5) is 0. The van der Waals surface area contributed by atoms with E-state index in [0.29, 0.717) is 10.8 Å². The maximum Gasteiger partial charge on any atom is 0.0649 e. The predicted molar refractivity (Wildman–Crippen MR) is 161 cm³/mol. The summed E-state index contributed by atoms with van der Waals surface area (Å²) in [6.45, 7) is 18.6. The summed E-state index contributed by atoms with van der Waals surface area (Å²) in [5.74, 6) is 6.70. The van der Waals surface area contributed by atoms with Crippen LogP contribution in [0.25, 0.3) is 0 Å². The van der Waals surface area contributed by atoms with E-state index in [-0.39, 0.29) is 0 Å². The topological polar surface area (TPSA) is 0 Å². The Morgan fingerprint density at radius 2 is 1.75 bits per heavy atom. The Morgan fingerprint density at radius 1 is 1.00 bits per heavy atom. The van der Waals surface area contributed by atoms with Gasteiger partial charge in [0.25, 0.3) is 0 Å². The summed E-state index contributed by atoms with van der Waals surface area (Å²) < 4.78 is 0. The van der Waals surface area contributed by atoms with Crippen LogP contribution in [-0.4, -0.2) is 7.85 Å². The molecule has 0 amide bonds. The fourth-order valence-electron chi connectivity index (χ4n) is 9.73. The lowest BCUT2D eigenvalue weighted by Crippen LogP contribution is -2.50. The van der Waals surface area contributed by atoms with E-state index in [1.165, 1.54) is 96.3 Å². The molecule has 8 unspecified atom stereocenters. The molecule has 36 heavy (non-hydrogen) atoms. The number of hydrogen-bond acceptors (Lipinski definition) is 0. The molecule has 4 rings (SSSR count). The first-order chi connectivity index (χ1) is 17.2. The first kappa shape index (κ1) is 30.1. The molecule has 0 aromatic carbocycles. The van der Waals surface area contributed by atoms with Gasteiger partial charge < -0.3 is 0 Å². The molecule has 1 heteroatoms. The Bertz CT molecular complexity index is 705. The molecule has 204 valence electrons. The van der Waals surface area contributed by atoms with Crippen molar-refractivity contribution in [3.05, 3.63) is 24.3 Å². The molecular formula is C35H61B. The molecular weight excluding hydrogens is 431 g/mol. The summed E-state index contributed by atoms with van der Waals surface area (Å²) in [5.41, 5.74) is 3.05. The highest BCUT2D eigenvalue weighted by atomic mass is 14.6. The second kappa shape index (κ2) is 13.6. The van der Waals surface area contributed by atoms with Crippen LogP contribution in [-0.2, 0) is 0 Å². The fourth-order valence-corrected chi connectivity index (χ4v) is 9.73. The minimum atomic E-state index is 0.531. The van der Waals surface area contributed by atoms with E-state index in [9.17, 15) is 0 Å². The van der Waals surface area contributed by atoms with E-state index in [4.69, 9.17) is 7.85 Å². The highest BCUT2D eigenvalue weighted by molar-refractivity contribution is 6.08. The lowest BCUT2D eigenvalue weighted by Gasteiger charge is -2.58. The van der Waals surface area contributed by atoms with E-state index >= 15 is 0 Å². The van der Waals surface area contributed by atoms with Crippen LogP contribution in [0, 0.1) is 52.3 Å². The molecule has 3 saturated carbocycles. The SMILES string of the molecule is C=CCCCCC1CCC2(C)C(=CCC3C2CCC2(C)C(C(C)CCCC(C)C)CCC32)C1.[B]CC. The number of rotatable bonds is 10.